The van der Waals surface area contributed by atoms with Gasteiger partial charge in [0.2, 0.25) is 0 Å². The first-order valence-electron chi connectivity index (χ1n) is 8.16. The fraction of sp³-hybridized carbons (Fsp3) is 1.00. The van der Waals surface area contributed by atoms with E-state index in [-0.39, 0.29) is 5.60 Å². The SMILES string of the molecule is CCNCC1(OCC2CCOCC2)CCCC(C)C1. The van der Waals surface area contributed by atoms with Gasteiger partial charge in [0.05, 0.1) is 12.2 Å². The third-order valence-corrected chi connectivity index (χ3v) is 4.71. The molecule has 0 aromatic rings. The lowest BCUT2D eigenvalue weighted by Crippen LogP contribution is -2.47. The van der Waals surface area contributed by atoms with Crippen molar-refractivity contribution in [3.05, 3.63) is 0 Å². The maximum atomic E-state index is 6.46. The van der Waals surface area contributed by atoms with E-state index in [1.807, 2.05) is 0 Å². The maximum Gasteiger partial charge on any atom is 0.0808 e. The van der Waals surface area contributed by atoms with Gasteiger partial charge in [-0.1, -0.05) is 26.7 Å². The van der Waals surface area contributed by atoms with Crippen LogP contribution in [0.3, 0.4) is 0 Å². The summed E-state index contributed by atoms with van der Waals surface area (Å²) in [6.45, 7) is 9.39. The zero-order valence-electron chi connectivity index (χ0n) is 12.7. The molecule has 0 aromatic heterocycles. The normalized spacial score (nSPS) is 33.5. The molecule has 1 N–H and O–H groups in total. The second-order valence-electron chi connectivity index (χ2n) is 6.53. The molecule has 0 spiro atoms. The quantitative estimate of drug-likeness (QED) is 0.804. The molecular weight excluding hydrogens is 238 g/mol. The number of hydrogen-bond donors (Lipinski definition) is 1. The molecule has 0 amide bonds. The van der Waals surface area contributed by atoms with E-state index in [1.165, 1.54) is 38.5 Å². The minimum atomic E-state index is 0.103. The largest absolute Gasteiger partial charge is 0.381 e. The molecule has 2 fully saturated rings. The Kier molecular flexibility index (Phi) is 6.11. The number of hydrogen-bond acceptors (Lipinski definition) is 3. The Morgan fingerprint density at radius 2 is 2.05 bits per heavy atom. The van der Waals surface area contributed by atoms with Crippen molar-refractivity contribution in [1.82, 2.24) is 5.32 Å². The molecular formula is C16H31NO2. The van der Waals surface area contributed by atoms with Crippen molar-refractivity contribution >= 4 is 0 Å². The first-order chi connectivity index (χ1) is 9.24. The molecule has 2 aliphatic rings. The van der Waals surface area contributed by atoms with Gasteiger partial charge in [-0.3, -0.25) is 0 Å². The topological polar surface area (TPSA) is 30.5 Å². The molecule has 3 heteroatoms. The van der Waals surface area contributed by atoms with Crippen LogP contribution in [-0.2, 0) is 9.47 Å². The number of rotatable bonds is 6. The predicted molar refractivity (Wildman–Crippen MR) is 78.4 cm³/mol. The summed E-state index contributed by atoms with van der Waals surface area (Å²) < 4.78 is 11.9. The van der Waals surface area contributed by atoms with E-state index in [2.05, 4.69) is 19.2 Å². The van der Waals surface area contributed by atoms with Gasteiger partial charge in [0.25, 0.3) is 0 Å². The van der Waals surface area contributed by atoms with E-state index in [9.17, 15) is 0 Å². The lowest BCUT2D eigenvalue weighted by atomic mass is 9.78. The zero-order chi connectivity index (χ0) is 13.6. The Balaban J connectivity index is 1.85. The van der Waals surface area contributed by atoms with E-state index in [1.54, 1.807) is 0 Å². The third kappa shape index (κ3) is 4.73. The highest BCUT2D eigenvalue weighted by Crippen LogP contribution is 2.35. The smallest absolute Gasteiger partial charge is 0.0808 e. The van der Waals surface area contributed by atoms with Crippen LogP contribution in [0.1, 0.15) is 52.4 Å². The standard InChI is InChI=1S/C16H31NO2/c1-3-17-13-16(8-4-5-14(2)11-16)19-12-15-6-9-18-10-7-15/h14-15,17H,3-13H2,1-2H3. The Bertz CT molecular complexity index is 253. The van der Waals surface area contributed by atoms with E-state index in [4.69, 9.17) is 9.47 Å². The molecule has 2 rings (SSSR count). The minimum Gasteiger partial charge on any atom is -0.381 e. The summed E-state index contributed by atoms with van der Waals surface area (Å²) in [5, 5.41) is 3.52. The van der Waals surface area contributed by atoms with Crippen molar-refractivity contribution < 1.29 is 9.47 Å². The number of ether oxygens (including phenoxy) is 2. The summed E-state index contributed by atoms with van der Waals surface area (Å²) in [5.41, 5.74) is 0.103. The first kappa shape index (κ1) is 15.3. The van der Waals surface area contributed by atoms with Gasteiger partial charge in [0.15, 0.2) is 0 Å². The average Bonchev–Trinajstić information content (AvgIpc) is 2.44. The number of likely N-dealkylation sites (N-methyl/N-ethyl adjacent to an activating group) is 1. The molecule has 1 aliphatic carbocycles. The van der Waals surface area contributed by atoms with Crippen molar-refractivity contribution in [2.75, 3.05) is 32.9 Å². The van der Waals surface area contributed by atoms with Crippen molar-refractivity contribution in [1.29, 1.82) is 0 Å². The predicted octanol–water partition coefficient (Wildman–Crippen LogP) is 2.99. The maximum absolute atomic E-state index is 6.46. The summed E-state index contributed by atoms with van der Waals surface area (Å²) in [6.07, 6.45) is 7.49. The second-order valence-corrected chi connectivity index (χ2v) is 6.53. The highest BCUT2D eigenvalue weighted by Gasteiger charge is 2.36. The Labute approximate surface area is 118 Å². The molecule has 19 heavy (non-hydrogen) atoms. The molecule has 0 bridgehead atoms. The highest BCUT2D eigenvalue weighted by molar-refractivity contribution is 4.89. The van der Waals surface area contributed by atoms with Crippen LogP contribution in [0, 0.1) is 11.8 Å². The van der Waals surface area contributed by atoms with Gasteiger partial charge in [0.1, 0.15) is 0 Å². The van der Waals surface area contributed by atoms with Gasteiger partial charge < -0.3 is 14.8 Å². The van der Waals surface area contributed by atoms with Gasteiger partial charge in [-0.2, -0.15) is 0 Å². The lowest BCUT2D eigenvalue weighted by molar-refractivity contribution is -0.101. The van der Waals surface area contributed by atoms with Gasteiger partial charge in [-0.05, 0) is 44.1 Å². The van der Waals surface area contributed by atoms with Gasteiger partial charge in [-0.15, -0.1) is 0 Å². The molecule has 1 aliphatic heterocycles. The fourth-order valence-corrected chi connectivity index (χ4v) is 3.52. The van der Waals surface area contributed by atoms with Crippen molar-refractivity contribution in [3.8, 4) is 0 Å². The third-order valence-electron chi connectivity index (χ3n) is 4.71. The fourth-order valence-electron chi connectivity index (χ4n) is 3.52. The summed E-state index contributed by atoms with van der Waals surface area (Å²) in [7, 11) is 0. The van der Waals surface area contributed by atoms with Crippen molar-refractivity contribution in [2.45, 2.75) is 58.0 Å². The monoisotopic (exact) mass is 269 g/mol. The first-order valence-corrected chi connectivity index (χ1v) is 8.16. The molecule has 1 saturated heterocycles. The molecule has 1 saturated carbocycles. The molecule has 112 valence electrons. The van der Waals surface area contributed by atoms with Crippen LogP contribution in [0.4, 0.5) is 0 Å². The lowest BCUT2D eigenvalue weighted by Gasteiger charge is -2.41. The summed E-state index contributed by atoms with van der Waals surface area (Å²) in [5.74, 6) is 1.52. The van der Waals surface area contributed by atoms with E-state index in [0.717, 1.165) is 38.8 Å². The van der Waals surface area contributed by atoms with Crippen LogP contribution in [0.5, 0.6) is 0 Å². The van der Waals surface area contributed by atoms with Crippen LogP contribution in [0.2, 0.25) is 0 Å². The van der Waals surface area contributed by atoms with Crippen LogP contribution < -0.4 is 5.32 Å². The van der Waals surface area contributed by atoms with Crippen LogP contribution in [0.15, 0.2) is 0 Å². The van der Waals surface area contributed by atoms with Gasteiger partial charge in [-0.25, -0.2) is 0 Å². The van der Waals surface area contributed by atoms with E-state index < -0.39 is 0 Å². The van der Waals surface area contributed by atoms with E-state index >= 15 is 0 Å². The Morgan fingerprint density at radius 3 is 2.74 bits per heavy atom. The van der Waals surface area contributed by atoms with E-state index in [0.29, 0.717) is 5.92 Å². The summed E-state index contributed by atoms with van der Waals surface area (Å²) in [6, 6.07) is 0. The molecule has 0 aromatic carbocycles. The molecule has 0 radical (unpaired) electrons. The summed E-state index contributed by atoms with van der Waals surface area (Å²) >= 11 is 0. The summed E-state index contributed by atoms with van der Waals surface area (Å²) in [4.78, 5) is 0. The zero-order valence-corrected chi connectivity index (χ0v) is 12.7. The molecule has 2 atom stereocenters. The van der Waals surface area contributed by atoms with Gasteiger partial charge >= 0.3 is 0 Å². The molecule has 3 nitrogen and oxygen atoms in total. The Morgan fingerprint density at radius 1 is 1.26 bits per heavy atom. The highest BCUT2D eigenvalue weighted by atomic mass is 16.5. The van der Waals surface area contributed by atoms with Crippen LogP contribution >= 0.6 is 0 Å². The number of nitrogens with one attached hydrogen (secondary N) is 1. The minimum absolute atomic E-state index is 0.103. The molecule has 2 unspecified atom stereocenters. The van der Waals surface area contributed by atoms with Crippen LogP contribution in [0.25, 0.3) is 0 Å². The second kappa shape index (κ2) is 7.61. The van der Waals surface area contributed by atoms with Gasteiger partial charge in [0, 0.05) is 19.8 Å². The van der Waals surface area contributed by atoms with Crippen molar-refractivity contribution in [3.63, 3.8) is 0 Å². The molecule has 1 heterocycles. The average molecular weight is 269 g/mol. The van der Waals surface area contributed by atoms with Crippen molar-refractivity contribution in [2.24, 2.45) is 11.8 Å². The van der Waals surface area contributed by atoms with Crippen LogP contribution in [-0.4, -0.2) is 38.5 Å². The Hall–Kier alpha value is -0.120.